The molecule has 0 radical (unpaired) electrons. The minimum atomic E-state index is -1.01. The Bertz CT molecular complexity index is 1150. The van der Waals surface area contributed by atoms with Crippen molar-refractivity contribution in [3.05, 3.63) is 77.1 Å². The number of nitriles is 1. The minimum Gasteiger partial charge on any atom is -0.326 e. The largest absolute Gasteiger partial charge is 0.326 e. The molecule has 1 atom stereocenters. The van der Waals surface area contributed by atoms with Crippen LogP contribution in [0.1, 0.15) is 54.4 Å². The molecule has 33 heavy (non-hydrogen) atoms. The predicted octanol–water partition coefficient (Wildman–Crippen LogP) is 4.36. The van der Waals surface area contributed by atoms with Gasteiger partial charge in [-0.25, -0.2) is 9.29 Å². The van der Waals surface area contributed by atoms with Crippen molar-refractivity contribution in [1.82, 2.24) is 4.90 Å². The van der Waals surface area contributed by atoms with Gasteiger partial charge in [0.1, 0.15) is 11.9 Å². The number of hydrogen-bond acceptors (Lipinski definition) is 4. The Morgan fingerprint density at radius 2 is 1.88 bits per heavy atom. The predicted molar refractivity (Wildman–Crippen MR) is 121 cm³/mol. The third-order valence-corrected chi connectivity index (χ3v) is 6.18. The highest BCUT2D eigenvalue weighted by Crippen LogP contribution is 2.29. The first-order chi connectivity index (χ1) is 16.0. The molecule has 1 aliphatic carbocycles. The summed E-state index contributed by atoms with van der Waals surface area (Å²) in [6.07, 6.45) is 6.73. The van der Waals surface area contributed by atoms with Crippen molar-refractivity contribution in [2.45, 2.75) is 44.6 Å². The summed E-state index contributed by atoms with van der Waals surface area (Å²) in [5.41, 5.74) is 1.85. The molecule has 6 nitrogen and oxygen atoms in total. The highest BCUT2D eigenvalue weighted by molar-refractivity contribution is 6.23. The first-order valence-electron chi connectivity index (χ1n) is 11.1. The van der Waals surface area contributed by atoms with Gasteiger partial charge in [0.2, 0.25) is 5.91 Å². The number of carbonyl (C=O) groups is 3. The van der Waals surface area contributed by atoms with E-state index in [4.69, 9.17) is 5.26 Å². The molecule has 2 aliphatic rings. The summed E-state index contributed by atoms with van der Waals surface area (Å²) in [6, 6.07) is 12.8. The normalized spacial score (nSPS) is 18.1. The van der Waals surface area contributed by atoms with E-state index in [1.54, 1.807) is 6.07 Å². The lowest BCUT2D eigenvalue weighted by atomic mass is 9.96. The summed E-state index contributed by atoms with van der Waals surface area (Å²) in [5.74, 6) is -2.22. The van der Waals surface area contributed by atoms with E-state index in [-0.39, 0.29) is 18.5 Å². The fourth-order valence-corrected chi connectivity index (χ4v) is 4.40. The minimum absolute atomic E-state index is 0.118. The third-order valence-electron chi connectivity index (χ3n) is 6.18. The highest BCUT2D eigenvalue weighted by Gasteiger charge is 2.44. The molecule has 0 aromatic heterocycles. The van der Waals surface area contributed by atoms with Gasteiger partial charge in [0, 0.05) is 6.54 Å². The van der Waals surface area contributed by atoms with Crippen molar-refractivity contribution in [2.75, 3.05) is 11.4 Å². The molecule has 1 aliphatic heterocycles. The maximum absolute atomic E-state index is 14.4. The van der Waals surface area contributed by atoms with Crippen LogP contribution in [0.25, 0.3) is 0 Å². The van der Waals surface area contributed by atoms with Crippen molar-refractivity contribution >= 4 is 23.4 Å². The zero-order valence-electron chi connectivity index (χ0n) is 18.2. The summed E-state index contributed by atoms with van der Waals surface area (Å²) in [7, 11) is 0. The summed E-state index contributed by atoms with van der Waals surface area (Å²) in [5, 5.41) is 8.99. The van der Waals surface area contributed by atoms with E-state index in [1.165, 1.54) is 52.9 Å². The second kappa shape index (κ2) is 9.78. The SMILES string of the molecule is N#Cc1ccc(N2C(=O)CC(N(CCC3=CCCCC3)C(=O)c3ccccc3F)C2=O)cc1. The average Bonchev–Trinajstić information content (AvgIpc) is 3.13. The maximum atomic E-state index is 14.4. The van der Waals surface area contributed by atoms with Gasteiger partial charge in [-0.1, -0.05) is 23.8 Å². The Hall–Kier alpha value is -3.79. The monoisotopic (exact) mass is 445 g/mol. The van der Waals surface area contributed by atoms with E-state index in [0.29, 0.717) is 17.7 Å². The summed E-state index contributed by atoms with van der Waals surface area (Å²) in [4.78, 5) is 41.9. The smallest absolute Gasteiger partial charge is 0.257 e. The van der Waals surface area contributed by atoms with E-state index >= 15 is 0 Å². The highest BCUT2D eigenvalue weighted by atomic mass is 19.1. The summed E-state index contributed by atoms with van der Waals surface area (Å²) in [6.45, 7) is 0.226. The fraction of sp³-hybridized carbons (Fsp3) is 0.308. The molecule has 168 valence electrons. The molecule has 4 rings (SSSR count). The van der Waals surface area contributed by atoms with Crippen molar-refractivity contribution in [1.29, 1.82) is 5.26 Å². The number of benzene rings is 2. The summed E-state index contributed by atoms with van der Waals surface area (Å²) < 4.78 is 14.4. The second-order valence-electron chi connectivity index (χ2n) is 8.28. The maximum Gasteiger partial charge on any atom is 0.257 e. The zero-order chi connectivity index (χ0) is 23.4. The number of rotatable bonds is 6. The van der Waals surface area contributed by atoms with Crippen molar-refractivity contribution in [2.24, 2.45) is 0 Å². The van der Waals surface area contributed by atoms with Crippen LogP contribution in [0.2, 0.25) is 0 Å². The number of nitrogens with zero attached hydrogens (tertiary/aromatic N) is 3. The molecule has 1 saturated heterocycles. The van der Waals surface area contributed by atoms with Gasteiger partial charge in [-0.05, 0) is 68.5 Å². The summed E-state index contributed by atoms with van der Waals surface area (Å²) >= 11 is 0. The van der Waals surface area contributed by atoms with Crippen LogP contribution in [-0.2, 0) is 9.59 Å². The van der Waals surface area contributed by atoms with E-state index < -0.39 is 29.6 Å². The van der Waals surface area contributed by atoms with Crippen LogP contribution >= 0.6 is 0 Å². The second-order valence-corrected chi connectivity index (χ2v) is 8.28. The number of allylic oxidation sites excluding steroid dienone is 1. The topological polar surface area (TPSA) is 81.5 Å². The lowest BCUT2D eigenvalue weighted by Crippen LogP contribution is -2.46. The Balaban J connectivity index is 1.62. The lowest BCUT2D eigenvalue weighted by molar-refractivity contribution is -0.122. The number of hydrogen-bond donors (Lipinski definition) is 0. The van der Waals surface area contributed by atoms with Gasteiger partial charge < -0.3 is 4.90 Å². The van der Waals surface area contributed by atoms with Crippen LogP contribution in [0.3, 0.4) is 0 Å². The molecule has 1 heterocycles. The Morgan fingerprint density at radius 3 is 2.55 bits per heavy atom. The first kappa shape index (κ1) is 22.4. The van der Waals surface area contributed by atoms with E-state index in [1.807, 2.05) is 6.07 Å². The Morgan fingerprint density at radius 1 is 1.12 bits per heavy atom. The standard InChI is InChI=1S/C26H24FN3O3/c27-22-9-5-4-8-21(22)25(32)29(15-14-18-6-2-1-3-7-18)23-16-24(31)30(26(23)33)20-12-10-19(17-28)11-13-20/h4-6,8-13,23H,1-3,7,14-16H2. The fourth-order valence-electron chi connectivity index (χ4n) is 4.40. The number of carbonyl (C=O) groups excluding carboxylic acids is 3. The van der Waals surface area contributed by atoms with Crippen LogP contribution in [0.4, 0.5) is 10.1 Å². The molecule has 1 fully saturated rings. The molecular formula is C26H24FN3O3. The van der Waals surface area contributed by atoms with Gasteiger partial charge >= 0.3 is 0 Å². The number of anilines is 1. The molecule has 1 unspecified atom stereocenters. The van der Waals surface area contributed by atoms with E-state index in [9.17, 15) is 18.8 Å². The van der Waals surface area contributed by atoms with Crippen molar-refractivity contribution < 1.29 is 18.8 Å². The first-order valence-corrected chi connectivity index (χ1v) is 11.1. The van der Waals surface area contributed by atoms with Crippen LogP contribution in [0.5, 0.6) is 0 Å². The molecule has 0 spiro atoms. The number of amides is 3. The number of imide groups is 1. The van der Waals surface area contributed by atoms with Crippen LogP contribution in [-0.4, -0.2) is 35.2 Å². The zero-order valence-corrected chi connectivity index (χ0v) is 18.2. The van der Waals surface area contributed by atoms with Gasteiger partial charge in [-0.15, -0.1) is 0 Å². The van der Waals surface area contributed by atoms with Gasteiger partial charge in [0.15, 0.2) is 0 Å². The molecule has 0 N–H and O–H groups in total. The van der Waals surface area contributed by atoms with Gasteiger partial charge in [-0.2, -0.15) is 5.26 Å². The van der Waals surface area contributed by atoms with E-state index in [2.05, 4.69) is 6.08 Å². The van der Waals surface area contributed by atoms with Gasteiger partial charge in [0.05, 0.1) is 29.3 Å². The molecule has 7 heteroatoms. The van der Waals surface area contributed by atoms with Crippen LogP contribution in [0.15, 0.2) is 60.2 Å². The average molecular weight is 445 g/mol. The van der Waals surface area contributed by atoms with Crippen LogP contribution in [0, 0.1) is 17.1 Å². The van der Waals surface area contributed by atoms with Crippen LogP contribution < -0.4 is 4.90 Å². The van der Waals surface area contributed by atoms with Crippen molar-refractivity contribution in [3.63, 3.8) is 0 Å². The third kappa shape index (κ3) is 4.70. The molecule has 0 bridgehead atoms. The van der Waals surface area contributed by atoms with Gasteiger partial charge in [0.25, 0.3) is 11.8 Å². The van der Waals surface area contributed by atoms with E-state index in [0.717, 1.165) is 30.6 Å². The quantitative estimate of drug-likeness (QED) is 0.489. The molecule has 2 aromatic carbocycles. The van der Waals surface area contributed by atoms with Gasteiger partial charge in [-0.3, -0.25) is 14.4 Å². The molecule has 0 saturated carbocycles. The molecular weight excluding hydrogens is 421 g/mol. The Labute approximate surface area is 191 Å². The Kier molecular flexibility index (Phi) is 6.64. The molecule has 2 aromatic rings. The molecule has 3 amide bonds. The van der Waals surface area contributed by atoms with Crippen molar-refractivity contribution in [3.8, 4) is 6.07 Å². The lowest BCUT2D eigenvalue weighted by Gasteiger charge is -2.29. The number of halogens is 1.